The van der Waals surface area contributed by atoms with Crippen LogP contribution in [0.4, 0.5) is 0 Å². The minimum Gasteiger partial charge on any atom is -0.481 e. The lowest BCUT2D eigenvalue weighted by atomic mass is 10.1. The van der Waals surface area contributed by atoms with Crippen molar-refractivity contribution in [3.8, 4) is 0 Å². The fourth-order valence-corrected chi connectivity index (χ4v) is 1.81. The molecule has 0 amide bonds. The molecule has 1 N–H and O–H groups in total. The lowest BCUT2D eigenvalue weighted by Gasteiger charge is -2.06. The molecule has 0 saturated heterocycles. The van der Waals surface area contributed by atoms with Crippen LogP contribution in [0.15, 0.2) is 0 Å². The van der Waals surface area contributed by atoms with Crippen LogP contribution in [0.1, 0.15) is 71.6 Å². The zero-order valence-electron chi connectivity index (χ0n) is 12.3. The summed E-state index contributed by atoms with van der Waals surface area (Å²) in [6.07, 6.45) is 7.18. The van der Waals surface area contributed by atoms with Crippen LogP contribution in [0.5, 0.6) is 0 Å². The first-order chi connectivity index (χ1) is 9.02. The third-order valence-corrected chi connectivity index (χ3v) is 2.96. The summed E-state index contributed by atoms with van der Waals surface area (Å²) in [5.74, 6) is -0.162. The topological polar surface area (TPSA) is 63.6 Å². The molecule has 0 fully saturated rings. The Hall–Kier alpha value is -1.06. The molecule has 0 aliphatic heterocycles. The summed E-state index contributed by atoms with van der Waals surface area (Å²) >= 11 is 0. The van der Waals surface area contributed by atoms with E-state index in [2.05, 4.69) is 13.8 Å². The maximum Gasteiger partial charge on any atom is 0.305 e. The van der Waals surface area contributed by atoms with Crippen LogP contribution in [0.25, 0.3) is 0 Å². The van der Waals surface area contributed by atoms with Crippen molar-refractivity contribution in [2.75, 3.05) is 6.61 Å². The lowest BCUT2D eigenvalue weighted by Crippen LogP contribution is -2.06. The number of carbonyl (C=O) groups excluding carboxylic acids is 1. The van der Waals surface area contributed by atoms with Crippen LogP contribution < -0.4 is 0 Å². The number of rotatable bonds is 12. The summed E-state index contributed by atoms with van der Waals surface area (Å²) in [5, 5.41) is 8.46. The lowest BCUT2D eigenvalue weighted by molar-refractivity contribution is -0.144. The SMILES string of the molecule is CC(C)CCCCOC(=O)CCCCCCC(=O)O. The van der Waals surface area contributed by atoms with Gasteiger partial charge >= 0.3 is 11.9 Å². The normalized spacial score (nSPS) is 10.7. The van der Waals surface area contributed by atoms with Gasteiger partial charge in [-0.1, -0.05) is 33.1 Å². The van der Waals surface area contributed by atoms with E-state index < -0.39 is 5.97 Å². The van der Waals surface area contributed by atoms with E-state index >= 15 is 0 Å². The molecule has 0 atom stereocenters. The second-order valence-corrected chi connectivity index (χ2v) is 5.42. The van der Waals surface area contributed by atoms with Crippen LogP contribution in [0.2, 0.25) is 0 Å². The van der Waals surface area contributed by atoms with Crippen molar-refractivity contribution in [1.29, 1.82) is 0 Å². The number of esters is 1. The van der Waals surface area contributed by atoms with Gasteiger partial charge in [-0.05, 0) is 31.6 Å². The van der Waals surface area contributed by atoms with Gasteiger partial charge in [0.25, 0.3) is 0 Å². The highest BCUT2D eigenvalue weighted by Crippen LogP contribution is 2.08. The Labute approximate surface area is 116 Å². The summed E-state index contributed by atoms with van der Waals surface area (Å²) < 4.78 is 5.14. The largest absolute Gasteiger partial charge is 0.481 e. The molecular weight excluding hydrogens is 244 g/mol. The maximum atomic E-state index is 11.4. The molecular formula is C15H28O4. The van der Waals surface area contributed by atoms with E-state index in [4.69, 9.17) is 9.84 Å². The zero-order valence-corrected chi connectivity index (χ0v) is 12.3. The molecule has 112 valence electrons. The van der Waals surface area contributed by atoms with Crippen LogP contribution >= 0.6 is 0 Å². The van der Waals surface area contributed by atoms with Gasteiger partial charge in [0.05, 0.1) is 6.61 Å². The Balaban J connectivity index is 3.23. The minimum absolute atomic E-state index is 0.122. The Kier molecular flexibility index (Phi) is 11.3. The molecule has 0 rings (SSSR count). The average molecular weight is 272 g/mol. The Morgan fingerprint density at radius 2 is 1.58 bits per heavy atom. The van der Waals surface area contributed by atoms with Gasteiger partial charge in [-0.25, -0.2) is 0 Å². The van der Waals surface area contributed by atoms with E-state index in [0.717, 1.165) is 32.1 Å². The fourth-order valence-electron chi connectivity index (χ4n) is 1.81. The summed E-state index contributed by atoms with van der Waals surface area (Å²) in [6, 6.07) is 0. The zero-order chi connectivity index (χ0) is 14.5. The third-order valence-electron chi connectivity index (χ3n) is 2.96. The number of unbranched alkanes of at least 4 members (excludes halogenated alkanes) is 4. The Morgan fingerprint density at radius 1 is 0.947 bits per heavy atom. The standard InChI is InChI=1S/C15H28O4/c1-13(2)9-7-8-12-19-15(18)11-6-4-3-5-10-14(16)17/h13H,3-12H2,1-2H3,(H,16,17). The molecule has 0 saturated carbocycles. The van der Waals surface area contributed by atoms with Gasteiger partial charge in [-0.2, -0.15) is 0 Å². The van der Waals surface area contributed by atoms with Gasteiger partial charge in [-0.15, -0.1) is 0 Å². The molecule has 0 aromatic rings. The monoisotopic (exact) mass is 272 g/mol. The highest BCUT2D eigenvalue weighted by atomic mass is 16.5. The third kappa shape index (κ3) is 14.9. The number of carbonyl (C=O) groups is 2. The molecule has 0 aliphatic carbocycles. The van der Waals surface area contributed by atoms with Gasteiger partial charge in [0.1, 0.15) is 0 Å². The second kappa shape index (κ2) is 12.0. The van der Waals surface area contributed by atoms with E-state index in [1.165, 1.54) is 6.42 Å². The summed E-state index contributed by atoms with van der Waals surface area (Å²) in [4.78, 5) is 21.6. The van der Waals surface area contributed by atoms with E-state index in [1.807, 2.05) is 0 Å². The van der Waals surface area contributed by atoms with Gasteiger partial charge < -0.3 is 9.84 Å². The van der Waals surface area contributed by atoms with Crippen LogP contribution in [0, 0.1) is 5.92 Å². The van der Waals surface area contributed by atoms with Gasteiger partial charge in [-0.3, -0.25) is 9.59 Å². The van der Waals surface area contributed by atoms with Crippen molar-refractivity contribution in [2.24, 2.45) is 5.92 Å². The summed E-state index contributed by atoms with van der Waals surface area (Å²) in [6.45, 7) is 4.91. The van der Waals surface area contributed by atoms with Crippen molar-refractivity contribution in [3.63, 3.8) is 0 Å². The van der Waals surface area contributed by atoms with Crippen molar-refractivity contribution in [3.05, 3.63) is 0 Å². The van der Waals surface area contributed by atoms with Crippen LogP contribution in [0.3, 0.4) is 0 Å². The number of hydrogen-bond acceptors (Lipinski definition) is 3. The number of carboxylic acids is 1. The summed E-state index contributed by atoms with van der Waals surface area (Å²) in [5.41, 5.74) is 0. The van der Waals surface area contributed by atoms with Gasteiger partial charge in [0, 0.05) is 12.8 Å². The predicted octanol–water partition coefficient (Wildman–Crippen LogP) is 3.78. The second-order valence-electron chi connectivity index (χ2n) is 5.42. The molecule has 0 spiro atoms. The first-order valence-electron chi connectivity index (χ1n) is 7.39. The molecule has 0 radical (unpaired) electrons. The smallest absolute Gasteiger partial charge is 0.305 e. The Bertz CT molecular complexity index is 249. The highest BCUT2D eigenvalue weighted by Gasteiger charge is 2.03. The molecule has 19 heavy (non-hydrogen) atoms. The first kappa shape index (κ1) is 17.9. The minimum atomic E-state index is -0.749. The Morgan fingerprint density at radius 3 is 2.16 bits per heavy atom. The van der Waals surface area contributed by atoms with Gasteiger partial charge in [0.15, 0.2) is 0 Å². The quantitative estimate of drug-likeness (QED) is 0.434. The average Bonchev–Trinajstić information content (AvgIpc) is 2.32. The fraction of sp³-hybridized carbons (Fsp3) is 0.867. The van der Waals surface area contributed by atoms with E-state index in [-0.39, 0.29) is 12.4 Å². The first-order valence-corrected chi connectivity index (χ1v) is 7.39. The predicted molar refractivity (Wildman–Crippen MR) is 75.0 cm³/mol. The van der Waals surface area contributed by atoms with Crippen LogP contribution in [-0.4, -0.2) is 23.7 Å². The van der Waals surface area contributed by atoms with E-state index in [9.17, 15) is 9.59 Å². The van der Waals surface area contributed by atoms with Crippen molar-refractivity contribution in [1.82, 2.24) is 0 Å². The highest BCUT2D eigenvalue weighted by molar-refractivity contribution is 5.69. The number of aliphatic carboxylic acids is 1. The van der Waals surface area contributed by atoms with Crippen LogP contribution in [-0.2, 0) is 14.3 Å². The number of hydrogen-bond donors (Lipinski definition) is 1. The van der Waals surface area contributed by atoms with Gasteiger partial charge in [0.2, 0.25) is 0 Å². The molecule has 0 bridgehead atoms. The molecule has 0 aliphatic rings. The molecule has 0 aromatic carbocycles. The van der Waals surface area contributed by atoms with E-state index in [0.29, 0.717) is 25.4 Å². The van der Waals surface area contributed by atoms with Crippen molar-refractivity contribution < 1.29 is 19.4 Å². The molecule has 0 unspecified atom stereocenters. The number of ether oxygens (including phenoxy) is 1. The summed E-state index contributed by atoms with van der Waals surface area (Å²) in [7, 11) is 0. The molecule has 4 heteroatoms. The van der Waals surface area contributed by atoms with Crippen molar-refractivity contribution in [2.45, 2.75) is 71.6 Å². The molecule has 0 heterocycles. The number of carboxylic acid groups (broad SMARTS) is 1. The van der Waals surface area contributed by atoms with Crippen molar-refractivity contribution >= 4 is 11.9 Å². The van der Waals surface area contributed by atoms with E-state index in [1.54, 1.807) is 0 Å². The molecule has 0 aromatic heterocycles. The molecule has 4 nitrogen and oxygen atoms in total. The maximum absolute atomic E-state index is 11.4.